The third kappa shape index (κ3) is 3.79. The van der Waals surface area contributed by atoms with E-state index in [2.05, 4.69) is 9.88 Å². The normalized spacial score (nSPS) is 13.0. The van der Waals surface area contributed by atoms with Crippen LogP contribution in [-0.4, -0.2) is 34.6 Å². The number of oxazole rings is 1. The first kappa shape index (κ1) is 13.5. The summed E-state index contributed by atoms with van der Waals surface area (Å²) in [4.78, 5) is 16.8. The van der Waals surface area contributed by atoms with E-state index in [4.69, 9.17) is 9.52 Å². The molecule has 0 radical (unpaired) electrons. The van der Waals surface area contributed by atoms with Crippen LogP contribution in [0.4, 0.5) is 0 Å². The molecule has 0 spiro atoms. The molecule has 5 heteroatoms. The van der Waals surface area contributed by atoms with Gasteiger partial charge in [0.25, 0.3) is 0 Å². The first-order valence-corrected chi connectivity index (χ1v) is 6.27. The third-order valence-electron chi connectivity index (χ3n) is 2.99. The van der Waals surface area contributed by atoms with Gasteiger partial charge in [0.15, 0.2) is 12.0 Å². The van der Waals surface area contributed by atoms with Gasteiger partial charge in [0, 0.05) is 19.5 Å². The van der Waals surface area contributed by atoms with E-state index in [-0.39, 0.29) is 12.3 Å². The van der Waals surface area contributed by atoms with Gasteiger partial charge in [-0.05, 0) is 30.7 Å². The van der Waals surface area contributed by atoms with E-state index in [0.29, 0.717) is 0 Å². The van der Waals surface area contributed by atoms with Gasteiger partial charge in [0.2, 0.25) is 0 Å². The Kier molecular flexibility index (Phi) is 4.16. The van der Waals surface area contributed by atoms with Crippen LogP contribution in [0.5, 0.6) is 0 Å². The van der Waals surface area contributed by atoms with E-state index < -0.39 is 5.97 Å². The molecular formula is C14H18N2O3. The largest absolute Gasteiger partial charge is 0.481 e. The smallest absolute Gasteiger partial charge is 0.303 e. The zero-order valence-corrected chi connectivity index (χ0v) is 11.2. The highest BCUT2D eigenvalue weighted by Crippen LogP contribution is 2.16. The van der Waals surface area contributed by atoms with Gasteiger partial charge in [-0.3, -0.25) is 4.79 Å². The summed E-state index contributed by atoms with van der Waals surface area (Å²) in [6, 6.07) is 5.92. The minimum Gasteiger partial charge on any atom is -0.481 e. The van der Waals surface area contributed by atoms with Crippen molar-refractivity contribution in [3.05, 3.63) is 30.2 Å². The summed E-state index contributed by atoms with van der Waals surface area (Å²) < 4.78 is 5.27. The standard InChI is InChI=1S/C14H18N2O3/c1-10(5-14(17)18)7-16(2)8-11-3-4-12-13(6-11)19-9-15-12/h3-4,6,9-10H,5,7-8H2,1-2H3,(H,17,18). The summed E-state index contributed by atoms with van der Waals surface area (Å²) in [7, 11) is 1.99. The Morgan fingerprint density at radius 1 is 1.53 bits per heavy atom. The second kappa shape index (κ2) is 5.84. The summed E-state index contributed by atoms with van der Waals surface area (Å²) in [6.45, 7) is 3.46. The number of carboxylic acid groups (broad SMARTS) is 1. The van der Waals surface area contributed by atoms with Gasteiger partial charge in [0.05, 0.1) is 0 Å². The topological polar surface area (TPSA) is 66.6 Å². The van der Waals surface area contributed by atoms with E-state index in [0.717, 1.165) is 29.8 Å². The zero-order valence-electron chi connectivity index (χ0n) is 11.2. The summed E-state index contributed by atoms with van der Waals surface area (Å²) in [6.07, 6.45) is 1.64. The maximum atomic E-state index is 10.6. The number of fused-ring (bicyclic) bond motifs is 1. The molecule has 102 valence electrons. The molecule has 0 aliphatic rings. The lowest BCUT2D eigenvalue weighted by Crippen LogP contribution is -2.25. The lowest BCUT2D eigenvalue weighted by Gasteiger charge is -2.20. The van der Waals surface area contributed by atoms with Gasteiger partial charge < -0.3 is 14.4 Å². The van der Waals surface area contributed by atoms with Crippen molar-refractivity contribution < 1.29 is 14.3 Å². The fraction of sp³-hybridized carbons (Fsp3) is 0.429. The van der Waals surface area contributed by atoms with Crippen LogP contribution in [0.1, 0.15) is 18.9 Å². The van der Waals surface area contributed by atoms with Crippen molar-refractivity contribution >= 4 is 17.1 Å². The van der Waals surface area contributed by atoms with Crippen LogP contribution in [0.2, 0.25) is 0 Å². The second-order valence-corrected chi connectivity index (χ2v) is 5.05. The van der Waals surface area contributed by atoms with Crippen LogP contribution in [0.25, 0.3) is 11.1 Å². The predicted octanol–water partition coefficient (Wildman–Crippen LogP) is 2.37. The summed E-state index contributed by atoms with van der Waals surface area (Å²) in [5.41, 5.74) is 2.77. The van der Waals surface area contributed by atoms with Gasteiger partial charge in [-0.2, -0.15) is 0 Å². The predicted molar refractivity (Wildman–Crippen MR) is 71.8 cm³/mol. The molecule has 1 unspecified atom stereocenters. The summed E-state index contributed by atoms with van der Waals surface area (Å²) in [5.74, 6) is -0.611. The zero-order chi connectivity index (χ0) is 13.8. The number of carbonyl (C=O) groups is 1. The van der Waals surface area contributed by atoms with E-state index in [1.165, 1.54) is 6.39 Å². The fourth-order valence-corrected chi connectivity index (χ4v) is 2.27. The number of hydrogen-bond acceptors (Lipinski definition) is 4. The molecule has 0 amide bonds. The number of hydrogen-bond donors (Lipinski definition) is 1. The molecule has 19 heavy (non-hydrogen) atoms. The molecule has 0 saturated heterocycles. The fourth-order valence-electron chi connectivity index (χ4n) is 2.27. The Hall–Kier alpha value is -1.88. The quantitative estimate of drug-likeness (QED) is 0.865. The Labute approximate surface area is 111 Å². The Balaban J connectivity index is 1.94. The number of benzene rings is 1. The summed E-state index contributed by atoms with van der Waals surface area (Å²) in [5, 5.41) is 8.74. The summed E-state index contributed by atoms with van der Waals surface area (Å²) >= 11 is 0. The molecule has 0 saturated carbocycles. The molecule has 2 aromatic rings. The molecule has 2 rings (SSSR count). The van der Waals surface area contributed by atoms with Gasteiger partial charge in [-0.15, -0.1) is 0 Å². The van der Waals surface area contributed by atoms with E-state index in [1.54, 1.807) is 0 Å². The minimum atomic E-state index is -0.746. The molecule has 1 atom stereocenters. The van der Waals surface area contributed by atoms with Gasteiger partial charge in [0.1, 0.15) is 5.52 Å². The SMILES string of the molecule is CC(CC(=O)O)CN(C)Cc1ccc2ncoc2c1. The molecular weight excluding hydrogens is 244 g/mol. The molecule has 0 aliphatic heterocycles. The number of aromatic nitrogens is 1. The first-order chi connectivity index (χ1) is 9.04. The first-order valence-electron chi connectivity index (χ1n) is 6.27. The highest BCUT2D eigenvalue weighted by atomic mass is 16.4. The van der Waals surface area contributed by atoms with Gasteiger partial charge in [-0.1, -0.05) is 13.0 Å². The van der Waals surface area contributed by atoms with Crippen molar-refractivity contribution in [3.8, 4) is 0 Å². The number of carboxylic acids is 1. The van der Waals surface area contributed by atoms with Crippen LogP contribution in [-0.2, 0) is 11.3 Å². The van der Waals surface area contributed by atoms with E-state index >= 15 is 0 Å². The van der Waals surface area contributed by atoms with Crippen LogP contribution < -0.4 is 0 Å². The van der Waals surface area contributed by atoms with Crippen molar-refractivity contribution in [1.29, 1.82) is 0 Å². The van der Waals surface area contributed by atoms with Crippen molar-refractivity contribution in [2.45, 2.75) is 19.9 Å². The average molecular weight is 262 g/mol. The lowest BCUT2D eigenvalue weighted by atomic mass is 10.1. The van der Waals surface area contributed by atoms with E-state index in [1.807, 2.05) is 32.2 Å². The maximum Gasteiger partial charge on any atom is 0.303 e. The van der Waals surface area contributed by atoms with Crippen molar-refractivity contribution in [3.63, 3.8) is 0 Å². The van der Waals surface area contributed by atoms with Crippen LogP contribution in [0.15, 0.2) is 29.0 Å². The third-order valence-corrected chi connectivity index (χ3v) is 2.99. The van der Waals surface area contributed by atoms with Gasteiger partial charge in [-0.25, -0.2) is 4.98 Å². The molecule has 0 bridgehead atoms. The highest BCUT2D eigenvalue weighted by Gasteiger charge is 2.11. The van der Waals surface area contributed by atoms with Gasteiger partial charge >= 0.3 is 5.97 Å². The maximum absolute atomic E-state index is 10.6. The monoisotopic (exact) mass is 262 g/mol. The van der Waals surface area contributed by atoms with Crippen LogP contribution in [0, 0.1) is 5.92 Å². The van der Waals surface area contributed by atoms with Crippen molar-refractivity contribution in [2.24, 2.45) is 5.92 Å². The Morgan fingerprint density at radius 3 is 3.05 bits per heavy atom. The van der Waals surface area contributed by atoms with Crippen LogP contribution >= 0.6 is 0 Å². The number of rotatable bonds is 6. The number of nitrogens with zero attached hydrogens (tertiary/aromatic N) is 2. The second-order valence-electron chi connectivity index (χ2n) is 5.05. The lowest BCUT2D eigenvalue weighted by molar-refractivity contribution is -0.138. The molecule has 1 heterocycles. The van der Waals surface area contributed by atoms with Crippen molar-refractivity contribution in [2.75, 3.05) is 13.6 Å². The Bertz CT molecular complexity index is 565. The Morgan fingerprint density at radius 2 is 2.32 bits per heavy atom. The molecule has 1 aromatic heterocycles. The molecule has 1 N–H and O–H groups in total. The minimum absolute atomic E-state index is 0.136. The van der Waals surface area contributed by atoms with Crippen LogP contribution in [0.3, 0.4) is 0 Å². The average Bonchev–Trinajstić information content (AvgIpc) is 2.74. The molecule has 0 aliphatic carbocycles. The molecule has 1 aromatic carbocycles. The molecule has 0 fully saturated rings. The molecule has 5 nitrogen and oxygen atoms in total. The highest BCUT2D eigenvalue weighted by molar-refractivity contribution is 5.72. The van der Waals surface area contributed by atoms with E-state index in [9.17, 15) is 4.79 Å². The van der Waals surface area contributed by atoms with Crippen molar-refractivity contribution in [1.82, 2.24) is 9.88 Å². The number of aliphatic carboxylic acids is 1.